The van der Waals surface area contributed by atoms with Crippen molar-refractivity contribution < 1.29 is 24.5 Å². The van der Waals surface area contributed by atoms with Crippen LogP contribution in [-0.4, -0.2) is 77.0 Å². The summed E-state index contributed by atoms with van der Waals surface area (Å²) in [7, 11) is 0. The third kappa shape index (κ3) is 4.31. The molecule has 0 spiro atoms. The highest BCUT2D eigenvalue weighted by Gasteiger charge is 2.33. The Morgan fingerprint density at radius 3 is 2.33 bits per heavy atom. The van der Waals surface area contributed by atoms with Gasteiger partial charge in [0, 0.05) is 32.1 Å². The van der Waals surface area contributed by atoms with Gasteiger partial charge in [0.15, 0.2) is 0 Å². The minimum atomic E-state index is -0.963. The number of aliphatic hydroxyl groups excluding tert-OH is 1. The molecule has 7 nitrogen and oxygen atoms in total. The van der Waals surface area contributed by atoms with E-state index >= 15 is 0 Å². The maximum atomic E-state index is 12.4. The summed E-state index contributed by atoms with van der Waals surface area (Å²) in [6, 6.07) is 0.0230. The minimum absolute atomic E-state index is 0.0230. The van der Waals surface area contributed by atoms with Crippen LogP contribution in [0.3, 0.4) is 0 Å². The van der Waals surface area contributed by atoms with Crippen LogP contribution in [0, 0.1) is 5.92 Å². The highest BCUT2D eigenvalue weighted by Crippen LogP contribution is 2.22. The van der Waals surface area contributed by atoms with Crippen LogP contribution in [0.2, 0.25) is 0 Å². The standard InChI is InChI=1S/C14H24N2O5/c1-10(17)11-2-5-16(8-11)14(20)15-6-3-12(4-7-15)21-9-13(18)19/h10-12,17H,2-9H2,1H3,(H,18,19). The van der Waals surface area contributed by atoms with Crippen LogP contribution < -0.4 is 0 Å². The summed E-state index contributed by atoms with van der Waals surface area (Å²) in [5.74, 6) is -0.792. The van der Waals surface area contributed by atoms with E-state index in [2.05, 4.69) is 0 Å². The van der Waals surface area contributed by atoms with Gasteiger partial charge in [-0.15, -0.1) is 0 Å². The van der Waals surface area contributed by atoms with Crippen LogP contribution in [0.4, 0.5) is 4.79 Å². The molecule has 0 radical (unpaired) electrons. The molecule has 120 valence electrons. The summed E-state index contributed by atoms with van der Waals surface area (Å²) in [5.41, 5.74) is 0. The summed E-state index contributed by atoms with van der Waals surface area (Å²) < 4.78 is 5.26. The van der Waals surface area contributed by atoms with Gasteiger partial charge < -0.3 is 24.7 Å². The molecule has 2 atom stereocenters. The number of piperidine rings is 1. The molecule has 21 heavy (non-hydrogen) atoms. The molecule has 0 bridgehead atoms. The predicted octanol–water partition coefficient (Wildman–Crippen LogP) is 0.375. The molecule has 0 aromatic carbocycles. The van der Waals surface area contributed by atoms with Gasteiger partial charge in [0.25, 0.3) is 0 Å². The first-order valence-electron chi connectivity index (χ1n) is 7.52. The van der Waals surface area contributed by atoms with Crippen molar-refractivity contribution in [3.63, 3.8) is 0 Å². The number of carboxylic acid groups (broad SMARTS) is 1. The first kappa shape index (κ1) is 16.0. The molecule has 0 aliphatic carbocycles. The lowest BCUT2D eigenvalue weighted by Gasteiger charge is -2.34. The highest BCUT2D eigenvalue weighted by molar-refractivity contribution is 5.75. The van der Waals surface area contributed by atoms with Crippen molar-refractivity contribution in [2.75, 3.05) is 32.8 Å². The van der Waals surface area contributed by atoms with Gasteiger partial charge in [-0.3, -0.25) is 0 Å². The zero-order valence-electron chi connectivity index (χ0n) is 12.4. The molecule has 2 unspecified atom stereocenters. The number of nitrogens with zero attached hydrogens (tertiary/aromatic N) is 2. The van der Waals surface area contributed by atoms with Crippen molar-refractivity contribution in [1.82, 2.24) is 9.80 Å². The first-order valence-corrected chi connectivity index (χ1v) is 7.52. The smallest absolute Gasteiger partial charge is 0.329 e. The zero-order chi connectivity index (χ0) is 15.4. The van der Waals surface area contributed by atoms with Crippen LogP contribution in [-0.2, 0) is 9.53 Å². The third-order valence-corrected chi connectivity index (χ3v) is 4.33. The number of likely N-dealkylation sites (tertiary alicyclic amines) is 2. The van der Waals surface area contributed by atoms with Crippen LogP contribution in [0.5, 0.6) is 0 Å². The second-order valence-electron chi connectivity index (χ2n) is 5.91. The number of amides is 2. The number of urea groups is 1. The fourth-order valence-electron chi connectivity index (χ4n) is 2.96. The van der Waals surface area contributed by atoms with Crippen molar-refractivity contribution in [1.29, 1.82) is 0 Å². The molecular formula is C14H24N2O5. The van der Waals surface area contributed by atoms with Crippen LogP contribution >= 0.6 is 0 Å². The third-order valence-electron chi connectivity index (χ3n) is 4.33. The number of aliphatic hydroxyl groups is 1. The molecule has 0 aromatic rings. The van der Waals surface area contributed by atoms with E-state index in [1.54, 1.807) is 16.7 Å². The topological polar surface area (TPSA) is 90.3 Å². The van der Waals surface area contributed by atoms with Crippen molar-refractivity contribution in [2.45, 2.75) is 38.4 Å². The highest BCUT2D eigenvalue weighted by atomic mass is 16.5. The Morgan fingerprint density at radius 1 is 1.19 bits per heavy atom. The lowest BCUT2D eigenvalue weighted by Crippen LogP contribution is -2.47. The fraction of sp³-hybridized carbons (Fsp3) is 0.857. The lowest BCUT2D eigenvalue weighted by molar-refractivity contribution is -0.145. The number of carbonyl (C=O) groups is 2. The van der Waals surface area contributed by atoms with Gasteiger partial charge in [0.2, 0.25) is 0 Å². The number of hydrogen-bond acceptors (Lipinski definition) is 4. The second kappa shape index (κ2) is 7.09. The SMILES string of the molecule is CC(O)C1CCN(C(=O)N2CCC(OCC(=O)O)CC2)C1. The summed E-state index contributed by atoms with van der Waals surface area (Å²) in [6.07, 6.45) is 1.74. The van der Waals surface area contributed by atoms with Gasteiger partial charge in [-0.2, -0.15) is 0 Å². The monoisotopic (exact) mass is 300 g/mol. The fourth-order valence-corrected chi connectivity index (χ4v) is 2.96. The number of ether oxygens (including phenoxy) is 1. The van der Waals surface area contributed by atoms with E-state index in [4.69, 9.17) is 9.84 Å². The largest absolute Gasteiger partial charge is 0.480 e. The number of hydrogen-bond donors (Lipinski definition) is 2. The van der Waals surface area contributed by atoms with Gasteiger partial charge in [0.05, 0.1) is 12.2 Å². The molecule has 2 aliphatic rings. The normalized spacial score (nSPS) is 25.1. The molecule has 2 rings (SSSR count). The Balaban J connectivity index is 1.74. The molecule has 0 saturated carbocycles. The first-order chi connectivity index (χ1) is 9.97. The molecule has 0 aromatic heterocycles. The van der Waals surface area contributed by atoms with E-state index in [1.807, 2.05) is 0 Å². The van der Waals surface area contributed by atoms with E-state index in [9.17, 15) is 14.7 Å². The van der Waals surface area contributed by atoms with Gasteiger partial charge in [-0.05, 0) is 26.2 Å². The number of carboxylic acids is 1. The molecule has 2 aliphatic heterocycles. The van der Waals surface area contributed by atoms with Gasteiger partial charge in [-0.1, -0.05) is 0 Å². The molecule has 2 saturated heterocycles. The van der Waals surface area contributed by atoms with E-state index in [0.29, 0.717) is 39.0 Å². The second-order valence-corrected chi connectivity index (χ2v) is 5.91. The maximum Gasteiger partial charge on any atom is 0.329 e. The summed E-state index contributed by atoms with van der Waals surface area (Å²) in [4.78, 5) is 26.4. The Hall–Kier alpha value is -1.34. The molecule has 2 fully saturated rings. The molecular weight excluding hydrogens is 276 g/mol. The molecule has 2 amide bonds. The average Bonchev–Trinajstić information content (AvgIpc) is 2.95. The zero-order valence-corrected chi connectivity index (χ0v) is 12.4. The predicted molar refractivity (Wildman–Crippen MR) is 74.9 cm³/mol. The van der Waals surface area contributed by atoms with E-state index < -0.39 is 5.97 Å². The minimum Gasteiger partial charge on any atom is -0.480 e. The summed E-state index contributed by atoms with van der Waals surface area (Å²) in [5, 5.41) is 18.2. The lowest BCUT2D eigenvalue weighted by atomic mass is 10.0. The van der Waals surface area contributed by atoms with Crippen molar-refractivity contribution in [3.8, 4) is 0 Å². The van der Waals surface area contributed by atoms with Crippen LogP contribution in [0.1, 0.15) is 26.2 Å². The van der Waals surface area contributed by atoms with E-state index in [0.717, 1.165) is 6.42 Å². The van der Waals surface area contributed by atoms with Crippen molar-refractivity contribution >= 4 is 12.0 Å². The Morgan fingerprint density at radius 2 is 1.81 bits per heavy atom. The van der Waals surface area contributed by atoms with Gasteiger partial charge >= 0.3 is 12.0 Å². The quantitative estimate of drug-likeness (QED) is 0.783. The van der Waals surface area contributed by atoms with Crippen LogP contribution in [0.25, 0.3) is 0 Å². The Labute approximate surface area is 124 Å². The average molecular weight is 300 g/mol. The van der Waals surface area contributed by atoms with E-state index in [1.165, 1.54) is 0 Å². The number of carbonyl (C=O) groups excluding carboxylic acids is 1. The Bertz CT molecular complexity index is 380. The van der Waals surface area contributed by atoms with Crippen molar-refractivity contribution in [3.05, 3.63) is 0 Å². The molecule has 2 N–H and O–H groups in total. The van der Waals surface area contributed by atoms with Crippen molar-refractivity contribution in [2.24, 2.45) is 5.92 Å². The molecule has 2 heterocycles. The maximum absolute atomic E-state index is 12.4. The summed E-state index contributed by atoms with van der Waals surface area (Å²) in [6.45, 7) is 4.00. The summed E-state index contributed by atoms with van der Waals surface area (Å²) >= 11 is 0. The van der Waals surface area contributed by atoms with E-state index in [-0.39, 0.29) is 30.8 Å². The van der Waals surface area contributed by atoms with Gasteiger partial charge in [0.1, 0.15) is 6.61 Å². The van der Waals surface area contributed by atoms with Crippen LogP contribution in [0.15, 0.2) is 0 Å². The number of aliphatic carboxylic acids is 1. The molecule has 7 heteroatoms. The number of rotatable bonds is 4. The Kier molecular flexibility index (Phi) is 5.41. The van der Waals surface area contributed by atoms with Gasteiger partial charge in [-0.25, -0.2) is 9.59 Å².